The molecular formula is C12H7Cl3N2S. The first-order valence-corrected chi connectivity index (χ1v) is 6.83. The molecule has 1 heterocycles. The molecule has 0 unspecified atom stereocenters. The molecule has 2 rings (SSSR count). The molecule has 0 atom stereocenters. The zero-order valence-corrected chi connectivity index (χ0v) is 12.1. The molecule has 1 aromatic carbocycles. The molecule has 0 N–H and O–H groups in total. The molecule has 0 aliphatic rings. The number of aromatic nitrogens is 2. The van der Waals surface area contributed by atoms with Crippen molar-refractivity contribution in [1.82, 2.24) is 9.97 Å². The fraction of sp³-hybridized carbons (Fsp3) is 0. The van der Waals surface area contributed by atoms with Crippen LogP contribution >= 0.6 is 46.6 Å². The van der Waals surface area contributed by atoms with Crippen LogP contribution in [0.15, 0.2) is 40.9 Å². The maximum atomic E-state index is 6.12. The smallest absolute Gasteiger partial charge is 0.148 e. The number of nitrogens with zero attached hydrogens (tertiary/aromatic N) is 2. The summed E-state index contributed by atoms with van der Waals surface area (Å²) >= 11 is 19.2. The van der Waals surface area contributed by atoms with Gasteiger partial charge in [-0.2, -0.15) is 0 Å². The summed E-state index contributed by atoms with van der Waals surface area (Å²) in [4.78, 5) is 9.15. The van der Waals surface area contributed by atoms with Gasteiger partial charge in [0.25, 0.3) is 0 Å². The average molecular weight is 318 g/mol. The summed E-state index contributed by atoms with van der Waals surface area (Å²) < 4.78 is 0. The second-order valence-electron chi connectivity index (χ2n) is 3.24. The highest BCUT2D eigenvalue weighted by Crippen LogP contribution is 2.37. The predicted molar refractivity (Wildman–Crippen MR) is 77.7 cm³/mol. The highest BCUT2D eigenvalue weighted by Gasteiger charge is 2.10. The van der Waals surface area contributed by atoms with Crippen LogP contribution in [0.4, 0.5) is 0 Å². The minimum absolute atomic E-state index is 0.325. The van der Waals surface area contributed by atoms with Crippen molar-refractivity contribution < 1.29 is 0 Å². The van der Waals surface area contributed by atoms with E-state index in [2.05, 4.69) is 16.5 Å². The zero-order chi connectivity index (χ0) is 13.1. The summed E-state index contributed by atoms with van der Waals surface area (Å²) in [5.74, 6) is 0. The second-order valence-corrected chi connectivity index (χ2v) is 5.44. The Morgan fingerprint density at radius 2 is 2.00 bits per heavy atom. The summed E-state index contributed by atoms with van der Waals surface area (Å²) in [7, 11) is 0. The molecule has 0 fully saturated rings. The molecular weight excluding hydrogens is 311 g/mol. The molecule has 2 aromatic rings. The van der Waals surface area contributed by atoms with Crippen LogP contribution in [0.5, 0.6) is 0 Å². The van der Waals surface area contributed by atoms with Crippen LogP contribution in [0.2, 0.25) is 15.2 Å². The van der Waals surface area contributed by atoms with Gasteiger partial charge in [0.05, 0.1) is 21.9 Å². The van der Waals surface area contributed by atoms with Gasteiger partial charge in [-0.1, -0.05) is 59.2 Å². The van der Waals surface area contributed by atoms with Crippen LogP contribution < -0.4 is 0 Å². The monoisotopic (exact) mass is 316 g/mol. The third-order valence-electron chi connectivity index (χ3n) is 2.05. The van der Waals surface area contributed by atoms with Crippen molar-refractivity contribution in [3.63, 3.8) is 0 Å². The van der Waals surface area contributed by atoms with Crippen LogP contribution in [0, 0.1) is 0 Å². The SMILES string of the molecule is C=Cc1nc(Cl)cnc1Sc1cccc(Cl)c1Cl. The Morgan fingerprint density at radius 1 is 1.22 bits per heavy atom. The average Bonchev–Trinajstić information content (AvgIpc) is 2.37. The van der Waals surface area contributed by atoms with Crippen LogP contribution in [0.1, 0.15) is 5.69 Å². The van der Waals surface area contributed by atoms with Gasteiger partial charge in [-0.15, -0.1) is 0 Å². The van der Waals surface area contributed by atoms with Crippen molar-refractivity contribution in [2.75, 3.05) is 0 Å². The van der Waals surface area contributed by atoms with E-state index in [1.54, 1.807) is 12.1 Å². The van der Waals surface area contributed by atoms with Crippen molar-refractivity contribution in [1.29, 1.82) is 0 Å². The fourth-order valence-corrected chi connectivity index (χ4v) is 2.75. The molecule has 0 amide bonds. The molecule has 6 heteroatoms. The lowest BCUT2D eigenvalue weighted by molar-refractivity contribution is 1.04. The Balaban J connectivity index is 2.40. The van der Waals surface area contributed by atoms with Gasteiger partial charge in [0, 0.05) is 4.90 Å². The number of halogens is 3. The third kappa shape index (κ3) is 2.98. The highest BCUT2D eigenvalue weighted by atomic mass is 35.5. The molecule has 0 bridgehead atoms. The van der Waals surface area contributed by atoms with Gasteiger partial charge in [-0.05, 0) is 18.2 Å². The van der Waals surface area contributed by atoms with Gasteiger partial charge < -0.3 is 0 Å². The molecule has 0 saturated carbocycles. The van der Waals surface area contributed by atoms with E-state index >= 15 is 0 Å². The van der Waals surface area contributed by atoms with Gasteiger partial charge in [-0.25, -0.2) is 9.97 Å². The Kier molecular flexibility index (Phi) is 4.51. The third-order valence-corrected chi connectivity index (χ3v) is 4.23. The summed E-state index contributed by atoms with van der Waals surface area (Å²) in [6.45, 7) is 3.68. The molecule has 0 spiro atoms. The first kappa shape index (κ1) is 13.7. The van der Waals surface area contributed by atoms with Crippen LogP contribution in [0.3, 0.4) is 0 Å². The maximum absolute atomic E-state index is 6.12. The molecule has 0 aliphatic heterocycles. The number of hydrogen-bond donors (Lipinski definition) is 0. The topological polar surface area (TPSA) is 25.8 Å². The van der Waals surface area contributed by atoms with E-state index in [-0.39, 0.29) is 0 Å². The van der Waals surface area contributed by atoms with Crippen molar-refractivity contribution >= 4 is 52.6 Å². The van der Waals surface area contributed by atoms with Crippen molar-refractivity contribution in [2.24, 2.45) is 0 Å². The number of benzene rings is 1. The van der Waals surface area contributed by atoms with Gasteiger partial charge >= 0.3 is 0 Å². The van der Waals surface area contributed by atoms with Crippen LogP contribution in [0.25, 0.3) is 6.08 Å². The first-order valence-electron chi connectivity index (χ1n) is 4.88. The fourth-order valence-electron chi connectivity index (χ4n) is 1.25. The van der Waals surface area contributed by atoms with Crippen molar-refractivity contribution in [3.8, 4) is 0 Å². The van der Waals surface area contributed by atoms with E-state index in [1.165, 1.54) is 18.0 Å². The van der Waals surface area contributed by atoms with E-state index in [0.29, 0.717) is 25.9 Å². The summed E-state index contributed by atoms with van der Waals surface area (Å²) in [5.41, 5.74) is 0.614. The standard InChI is InChI=1S/C12H7Cl3N2S/c1-2-8-12(16-6-10(14)17-8)18-9-5-3-4-7(13)11(9)15/h2-6H,1H2. The Hall–Kier alpha value is -0.740. The summed E-state index contributed by atoms with van der Waals surface area (Å²) in [6, 6.07) is 5.42. The quantitative estimate of drug-likeness (QED) is 0.775. The molecule has 0 radical (unpaired) electrons. The first-order chi connectivity index (χ1) is 8.61. The van der Waals surface area contributed by atoms with Gasteiger partial charge in [-0.3, -0.25) is 0 Å². The summed E-state index contributed by atoms with van der Waals surface area (Å²) in [5, 5.41) is 2.00. The lowest BCUT2D eigenvalue weighted by atomic mass is 10.4. The maximum Gasteiger partial charge on any atom is 0.148 e. The van der Waals surface area contributed by atoms with Crippen molar-refractivity contribution in [3.05, 3.63) is 51.9 Å². The number of rotatable bonds is 3. The minimum atomic E-state index is 0.325. The van der Waals surface area contributed by atoms with E-state index < -0.39 is 0 Å². The van der Waals surface area contributed by atoms with Gasteiger partial charge in [0.2, 0.25) is 0 Å². The molecule has 2 nitrogen and oxygen atoms in total. The Bertz CT molecular complexity index is 602. The van der Waals surface area contributed by atoms with E-state index in [9.17, 15) is 0 Å². The molecule has 92 valence electrons. The minimum Gasteiger partial charge on any atom is -0.244 e. The Morgan fingerprint density at radius 3 is 2.72 bits per heavy atom. The zero-order valence-electron chi connectivity index (χ0n) is 9.03. The largest absolute Gasteiger partial charge is 0.244 e. The van der Waals surface area contributed by atoms with E-state index in [1.807, 2.05) is 12.1 Å². The van der Waals surface area contributed by atoms with Crippen LogP contribution in [-0.4, -0.2) is 9.97 Å². The molecule has 0 saturated heterocycles. The summed E-state index contributed by atoms with van der Waals surface area (Å²) in [6.07, 6.45) is 3.08. The predicted octanol–water partition coefficient (Wildman–Crippen LogP) is 5.23. The van der Waals surface area contributed by atoms with Crippen LogP contribution in [-0.2, 0) is 0 Å². The lowest BCUT2D eigenvalue weighted by Crippen LogP contribution is -1.90. The normalized spacial score (nSPS) is 10.4. The molecule has 1 aromatic heterocycles. The second kappa shape index (κ2) is 5.93. The van der Waals surface area contributed by atoms with Crippen molar-refractivity contribution in [2.45, 2.75) is 9.92 Å². The van der Waals surface area contributed by atoms with Gasteiger partial charge in [0.15, 0.2) is 0 Å². The van der Waals surface area contributed by atoms with E-state index in [0.717, 1.165) is 4.90 Å². The highest BCUT2D eigenvalue weighted by molar-refractivity contribution is 7.99. The Labute approximate surface area is 124 Å². The van der Waals surface area contributed by atoms with Gasteiger partial charge in [0.1, 0.15) is 10.2 Å². The lowest BCUT2D eigenvalue weighted by Gasteiger charge is -2.06. The molecule has 18 heavy (non-hydrogen) atoms. The number of hydrogen-bond acceptors (Lipinski definition) is 3. The molecule has 0 aliphatic carbocycles. The van der Waals surface area contributed by atoms with E-state index in [4.69, 9.17) is 34.8 Å².